The Labute approximate surface area is 95.9 Å². The molecule has 0 bridgehead atoms. The van der Waals surface area contributed by atoms with Crippen molar-refractivity contribution in [3.8, 4) is 11.3 Å². The van der Waals surface area contributed by atoms with E-state index < -0.39 is 17.5 Å². The normalized spacial score (nSPS) is 10.2. The summed E-state index contributed by atoms with van der Waals surface area (Å²) in [5, 5.41) is 0. The summed E-state index contributed by atoms with van der Waals surface area (Å²) in [6, 6.07) is 6.00. The molecule has 1 aromatic heterocycles. The van der Waals surface area contributed by atoms with Crippen molar-refractivity contribution in [2.45, 2.75) is 0 Å². The molecule has 0 aliphatic heterocycles. The summed E-state index contributed by atoms with van der Waals surface area (Å²) in [7, 11) is 0. The molecule has 86 valence electrons. The van der Waals surface area contributed by atoms with Gasteiger partial charge in [-0.3, -0.25) is 9.78 Å². The van der Waals surface area contributed by atoms with Crippen molar-refractivity contribution in [3.63, 3.8) is 0 Å². The van der Waals surface area contributed by atoms with E-state index in [1.165, 1.54) is 24.4 Å². The third-order valence-corrected chi connectivity index (χ3v) is 2.26. The summed E-state index contributed by atoms with van der Waals surface area (Å²) in [4.78, 5) is 15.1. The number of halogens is 2. The lowest BCUT2D eigenvalue weighted by Gasteiger charge is -2.06. The van der Waals surface area contributed by atoms with Crippen LogP contribution in [-0.2, 0) is 0 Å². The largest absolute Gasteiger partial charge is 0.366 e. The molecular weight excluding hydrogens is 226 g/mol. The Morgan fingerprint density at radius 3 is 2.65 bits per heavy atom. The van der Waals surface area contributed by atoms with Crippen LogP contribution >= 0.6 is 0 Å². The first-order valence-corrected chi connectivity index (χ1v) is 4.80. The van der Waals surface area contributed by atoms with E-state index in [-0.39, 0.29) is 16.8 Å². The molecule has 0 spiro atoms. The van der Waals surface area contributed by atoms with Gasteiger partial charge >= 0.3 is 0 Å². The minimum atomic E-state index is -0.786. The molecule has 5 heteroatoms. The van der Waals surface area contributed by atoms with Crippen LogP contribution in [-0.4, -0.2) is 10.9 Å². The number of carbonyl (C=O) groups is 1. The van der Waals surface area contributed by atoms with Crippen molar-refractivity contribution in [1.82, 2.24) is 4.98 Å². The van der Waals surface area contributed by atoms with Crippen LogP contribution in [0.25, 0.3) is 11.3 Å². The number of benzene rings is 1. The van der Waals surface area contributed by atoms with Crippen molar-refractivity contribution in [2.75, 3.05) is 0 Å². The number of hydrogen-bond acceptors (Lipinski definition) is 2. The van der Waals surface area contributed by atoms with Crippen LogP contribution in [0, 0.1) is 11.6 Å². The van der Waals surface area contributed by atoms with E-state index in [0.717, 1.165) is 12.1 Å². The zero-order chi connectivity index (χ0) is 12.4. The van der Waals surface area contributed by atoms with Crippen LogP contribution < -0.4 is 5.73 Å². The molecule has 2 aromatic rings. The van der Waals surface area contributed by atoms with Crippen LogP contribution in [0.1, 0.15) is 10.4 Å². The first-order valence-electron chi connectivity index (χ1n) is 4.80. The Morgan fingerprint density at radius 2 is 2.00 bits per heavy atom. The summed E-state index contributed by atoms with van der Waals surface area (Å²) in [6.07, 6.45) is 1.41. The predicted octanol–water partition coefficient (Wildman–Crippen LogP) is 2.13. The molecule has 0 saturated heterocycles. The van der Waals surface area contributed by atoms with Gasteiger partial charge in [0.2, 0.25) is 0 Å². The van der Waals surface area contributed by atoms with Gasteiger partial charge in [0.05, 0.1) is 11.3 Å². The second-order valence-electron chi connectivity index (χ2n) is 3.39. The minimum absolute atomic E-state index is 0.0424. The van der Waals surface area contributed by atoms with Crippen molar-refractivity contribution >= 4 is 5.91 Å². The van der Waals surface area contributed by atoms with Crippen LogP contribution in [0.15, 0.2) is 36.5 Å². The lowest BCUT2D eigenvalue weighted by Crippen LogP contribution is -2.13. The number of pyridine rings is 1. The molecule has 0 aliphatic rings. The quantitative estimate of drug-likeness (QED) is 0.865. The van der Waals surface area contributed by atoms with Gasteiger partial charge in [-0.05, 0) is 24.3 Å². The van der Waals surface area contributed by atoms with Crippen molar-refractivity contribution in [1.29, 1.82) is 0 Å². The van der Waals surface area contributed by atoms with Gasteiger partial charge in [-0.2, -0.15) is 0 Å². The van der Waals surface area contributed by atoms with E-state index in [2.05, 4.69) is 4.98 Å². The summed E-state index contributed by atoms with van der Waals surface area (Å²) in [5.74, 6) is -2.19. The van der Waals surface area contributed by atoms with Crippen molar-refractivity contribution in [2.24, 2.45) is 5.73 Å². The number of nitrogens with two attached hydrogens (primary N) is 1. The van der Waals surface area contributed by atoms with Crippen LogP contribution in [0.2, 0.25) is 0 Å². The molecule has 0 atom stereocenters. The summed E-state index contributed by atoms with van der Waals surface area (Å²) >= 11 is 0. The van der Waals surface area contributed by atoms with Crippen molar-refractivity contribution < 1.29 is 13.6 Å². The molecule has 0 fully saturated rings. The Morgan fingerprint density at radius 1 is 1.24 bits per heavy atom. The predicted molar refractivity (Wildman–Crippen MR) is 58.1 cm³/mol. The molecule has 0 unspecified atom stereocenters. The maximum Gasteiger partial charge on any atom is 0.250 e. The number of amides is 1. The van der Waals surface area contributed by atoms with Gasteiger partial charge in [0, 0.05) is 17.8 Å². The zero-order valence-corrected chi connectivity index (χ0v) is 8.65. The highest BCUT2D eigenvalue weighted by molar-refractivity contribution is 5.98. The minimum Gasteiger partial charge on any atom is -0.366 e. The van der Waals surface area contributed by atoms with Gasteiger partial charge < -0.3 is 5.73 Å². The maximum atomic E-state index is 13.5. The standard InChI is InChI=1S/C12H8F2N2O/c13-7-3-4-8(10(14)6-7)11-9(12(15)17)2-1-5-16-11/h1-6H,(H2,15,17). The Kier molecular flexibility index (Phi) is 2.82. The van der Waals surface area contributed by atoms with Gasteiger partial charge in [-0.15, -0.1) is 0 Å². The number of nitrogens with zero attached hydrogens (tertiary/aromatic N) is 1. The molecule has 1 amide bonds. The second kappa shape index (κ2) is 4.29. The SMILES string of the molecule is NC(=O)c1cccnc1-c1ccc(F)cc1F. The number of hydrogen-bond donors (Lipinski definition) is 1. The molecule has 0 aliphatic carbocycles. The molecule has 0 radical (unpaired) electrons. The number of aromatic nitrogens is 1. The number of rotatable bonds is 2. The Bertz CT molecular complexity index is 584. The second-order valence-corrected chi connectivity index (χ2v) is 3.39. The van der Waals surface area contributed by atoms with Crippen LogP contribution in [0.5, 0.6) is 0 Å². The monoisotopic (exact) mass is 234 g/mol. The third-order valence-electron chi connectivity index (χ3n) is 2.26. The molecule has 2 N–H and O–H groups in total. The first kappa shape index (κ1) is 11.2. The lowest BCUT2D eigenvalue weighted by atomic mass is 10.0. The molecule has 1 heterocycles. The summed E-state index contributed by atoms with van der Waals surface area (Å²) in [6.45, 7) is 0. The average molecular weight is 234 g/mol. The molecule has 2 rings (SSSR count). The van der Waals surface area contributed by atoms with Gasteiger partial charge in [-0.1, -0.05) is 0 Å². The van der Waals surface area contributed by atoms with E-state index in [1.807, 2.05) is 0 Å². The lowest BCUT2D eigenvalue weighted by molar-refractivity contribution is 0.100. The van der Waals surface area contributed by atoms with Crippen LogP contribution in [0.3, 0.4) is 0 Å². The zero-order valence-electron chi connectivity index (χ0n) is 8.65. The fourth-order valence-electron chi connectivity index (χ4n) is 1.50. The highest BCUT2D eigenvalue weighted by atomic mass is 19.1. The topological polar surface area (TPSA) is 56.0 Å². The van der Waals surface area contributed by atoms with E-state index in [9.17, 15) is 13.6 Å². The molecule has 0 saturated carbocycles. The van der Waals surface area contributed by atoms with Crippen LogP contribution in [0.4, 0.5) is 8.78 Å². The van der Waals surface area contributed by atoms with E-state index in [4.69, 9.17) is 5.73 Å². The first-order chi connectivity index (χ1) is 8.09. The average Bonchev–Trinajstić information content (AvgIpc) is 2.29. The molecule has 17 heavy (non-hydrogen) atoms. The Hall–Kier alpha value is -2.30. The number of primary amides is 1. The Balaban J connectivity index is 2.64. The van der Waals surface area contributed by atoms with Gasteiger partial charge in [0.25, 0.3) is 5.91 Å². The summed E-state index contributed by atoms with van der Waals surface area (Å²) < 4.78 is 26.3. The van der Waals surface area contributed by atoms with Gasteiger partial charge in [0.15, 0.2) is 0 Å². The van der Waals surface area contributed by atoms with Crippen molar-refractivity contribution in [3.05, 3.63) is 53.7 Å². The fourth-order valence-corrected chi connectivity index (χ4v) is 1.50. The fraction of sp³-hybridized carbons (Fsp3) is 0. The van der Waals surface area contributed by atoms with E-state index >= 15 is 0 Å². The highest BCUT2D eigenvalue weighted by Crippen LogP contribution is 2.24. The smallest absolute Gasteiger partial charge is 0.250 e. The van der Waals surface area contributed by atoms with E-state index in [0.29, 0.717) is 0 Å². The van der Waals surface area contributed by atoms with Gasteiger partial charge in [-0.25, -0.2) is 8.78 Å². The molecule has 3 nitrogen and oxygen atoms in total. The highest BCUT2D eigenvalue weighted by Gasteiger charge is 2.14. The molecule has 1 aromatic carbocycles. The molecular formula is C12H8F2N2O. The summed E-state index contributed by atoms with van der Waals surface area (Å²) in [5.41, 5.74) is 5.40. The van der Waals surface area contributed by atoms with E-state index in [1.54, 1.807) is 0 Å². The third kappa shape index (κ3) is 2.13. The number of carbonyl (C=O) groups excluding carboxylic acids is 1. The maximum absolute atomic E-state index is 13.5. The van der Waals surface area contributed by atoms with Gasteiger partial charge in [0.1, 0.15) is 11.6 Å².